The highest BCUT2D eigenvalue weighted by molar-refractivity contribution is 4.97. The van der Waals surface area contributed by atoms with E-state index in [2.05, 4.69) is 19.2 Å². The molecule has 1 aliphatic rings. The SMILES string of the molecule is CC(C)CC(C)C1(F)CNC1. The Bertz CT molecular complexity index is 130. The summed E-state index contributed by atoms with van der Waals surface area (Å²) in [5.74, 6) is 0.821. The van der Waals surface area contributed by atoms with E-state index in [1.165, 1.54) is 0 Å². The number of hydrogen-bond donors (Lipinski definition) is 1. The third-order valence-electron chi connectivity index (χ3n) is 2.55. The smallest absolute Gasteiger partial charge is 0.138 e. The fraction of sp³-hybridized carbons (Fsp3) is 1.00. The molecule has 1 aliphatic heterocycles. The highest BCUT2D eigenvalue weighted by atomic mass is 19.1. The molecule has 0 spiro atoms. The lowest BCUT2D eigenvalue weighted by molar-refractivity contribution is 0.0226. The van der Waals surface area contributed by atoms with E-state index in [1.807, 2.05) is 6.92 Å². The summed E-state index contributed by atoms with van der Waals surface area (Å²) in [6.07, 6.45) is 0.998. The molecule has 1 fully saturated rings. The van der Waals surface area contributed by atoms with Crippen LogP contribution in [0.4, 0.5) is 4.39 Å². The van der Waals surface area contributed by atoms with Gasteiger partial charge in [-0.05, 0) is 18.3 Å². The Morgan fingerprint density at radius 1 is 1.36 bits per heavy atom. The van der Waals surface area contributed by atoms with Crippen LogP contribution in [0.3, 0.4) is 0 Å². The Labute approximate surface area is 68.4 Å². The Kier molecular flexibility index (Phi) is 2.53. The first-order valence-corrected chi connectivity index (χ1v) is 4.44. The van der Waals surface area contributed by atoms with Crippen molar-refractivity contribution in [2.45, 2.75) is 32.9 Å². The van der Waals surface area contributed by atoms with Gasteiger partial charge in [0.05, 0.1) is 0 Å². The van der Waals surface area contributed by atoms with Gasteiger partial charge >= 0.3 is 0 Å². The van der Waals surface area contributed by atoms with Crippen molar-refractivity contribution in [3.05, 3.63) is 0 Å². The second-order valence-corrected chi connectivity index (χ2v) is 4.17. The van der Waals surface area contributed by atoms with Gasteiger partial charge < -0.3 is 5.32 Å². The first-order chi connectivity index (χ1) is 5.04. The lowest BCUT2D eigenvalue weighted by Crippen LogP contribution is -2.60. The Hall–Kier alpha value is -0.110. The zero-order valence-electron chi connectivity index (χ0n) is 7.65. The Morgan fingerprint density at radius 3 is 2.18 bits per heavy atom. The van der Waals surface area contributed by atoms with Crippen molar-refractivity contribution in [1.82, 2.24) is 5.32 Å². The van der Waals surface area contributed by atoms with Crippen molar-refractivity contribution >= 4 is 0 Å². The quantitative estimate of drug-likeness (QED) is 0.664. The largest absolute Gasteiger partial charge is 0.310 e. The van der Waals surface area contributed by atoms with Crippen molar-refractivity contribution in [2.24, 2.45) is 11.8 Å². The van der Waals surface area contributed by atoms with Crippen LogP contribution >= 0.6 is 0 Å². The molecule has 1 N–H and O–H groups in total. The lowest BCUT2D eigenvalue weighted by atomic mass is 9.80. The van der Waals surface area contributed by atoms with Crippen LogP contribution in [0.25, 0.3) is 0 Å². The molecular weight excluding hydrogens is 141 g/mol. The number of hydrogen-bond acceptors (Lipinski definition) is 1. The summed E-state index contributed by atoms with van der Waals surface area (Å²) in [5.41, 5.74) is -0.899. The maximum absolute atomic E-state index is 13.6. The average molecular weight is 159 g/mol. The summed E-state index contributed by atoms with van der Waals surface area (Å²) in [6, 6.07) is 0. The third kappa shape index (κ3) is 1.92. The van der Waals surface area contributed by atoms with Gasteiger partial charge in [-0.2, -0.15) is 0 Å². The van der Waals surface area contributed by atoms with Crippen LogP contribution in [0.5, 0.6) is 0 Å². The third-order valence-corrected chi connectivity index (χ3v) is 2.55. The zero-order chi connectivity index (χ0) is 8.48. The van der Waals surface area contributed by atoms with E-state index in [1.54, 1.807) is 0 Å². The molecule has 0 amide bonds. The highest BCUT2D eigenvalue weighted by Gasteiger charge is 2.42. The molecule has 0 radical (unpaired) electrons. The van der Waals surface area contributed by atoms with Gasteiger partial charge in [-0.1, -0.05) is 20.8 Å². The van der Waals surface area contributed by atoms with Gasteiger partial charge in [0, 0.05) is 13.1 Å². The predicted octanol–water partition coefficient (Wildman–Crippen LogP) is 1.98. The van der Waals surface area contributed by atoms with Crippen LogP contribution in [0.15, 0.2) is 0 Å². The molecule has 0 aromatic heterocycles. The summed E-state index contributed by atoms with van der Waals surface area (Å²) >= 11 is 0. The van der Waals surface area contributed by atoms with Crippen molar-refractivity contribution in [3.63, 3.8) is 0 Å². The molecule has 1 nitrogen and oxygen atoms in total. The molecule has 0 saturated carbocycles. The molecule has 1 saturated heterocycles. The highest BCUT2D eigenvalue weighted by Crippen LogP contribution is 2.30. The lowest BCUT2D eigenvalue weighted by Gasteiger charge is -2.40. The minimum atomic E-state index is -0.899. The molecular formula is C9H18FN. The first kappa shape index (κ1) is 8.98. The molecule has 1 unspecified atom stereocenters. The number of nitrogens with one attached hydrogen (secondary N) is 1. The van der Waals surface area contributed by atoms with Gasteiger partial charge in [0.2, 0.25) is 0 Å². The fourth-order valence-electron chi connectivity index (χ4n) is 1.63. The minimum Gasteiger partial charge on any atom is -0.310 e. The van der Waals surface area contributed by atoms with E-state index in [4.69, 9.17) is 0 Å². The average Bonchev–Trinajstić information content (AvgIpc) is 1.81. The molecule has 1 rings (SSSR count). The van der Waals surface area contributed by atoms with Crippen LogP contribution < -0.4 is 5.32 Å². The van der Waals surface area contributed by atoms with E-state index in [0.717, 1.165) is 6.42 Å². The maximum Gasteiger partial charge on any atom is 0.138 e. The minimum absolute atomic E-state index is 0.212. The summed E-state index contributed by atoms with van der Waals surface area (Å²) in [4.78, 5) is 0. The topological polar surface area (TPSA) is 12.0 Å². The molecule has 0 aliphatic carbocycles. The van der Waals surface area contributed by atoms with Crippen molar-refractivity contribution in [2.75, 3.05) is 13.1 Å². The van der Waals surface area contributed by atoms with Crippen LogP contribution in [-0.4, -0.2) is 18.8 Å². The standard InChI is InChI=1S/C9H18FN/c1-7(2)4-8(3)9(10)5-11-6-9/h7-8,11H,4-6H2,1-3H3. The van der Waals surface area contributed by atoms with Crippen LogP contribution in [0.2, 0.25) is 0 Å². The Balaban J connectivity index is 2.34. The second kappa shape index (κ2) is 3.10. The van der Waals surface area contributed by atoms with E-state index in [0.29, 0.717) is 19.0 Å². The van der Waals surface area contributed by atoms with Crippen molar-refractivity contribution in [1.29, 1.82) is 0 Å². The Morgan fingerprint density at radius 2 is 1.91 bits per heavy atom. The number of rotatable bonds is 3. The van der Waals surface area contributed by atoms with Crippen LogP contribution in [-0.2, 0) is 0 Å². The summed E-state index contributed by atoms with van der Waals surface area (Å²) < 4.78 is 13.6. The van der Waals surface area contributed by atoms with Gasteiger partial charge in [0.25, 0.3) is 0 Å². The first-order valence-electron chi connectivity index (χ1n) is 4.44. The molecule has 66 valence electrons. The zero-order valence-corrected chi connectivity index (χ0v) is 7.65. The molecule has 0 aromatic carbocycles. The molecule has 1 atom stereocenters. The summed E-state index contributed by atoms with van der Waals surface area (Å²) in [6.45, 7) is 7.42. The van der Waals surface area contributed by atoms with E-state index >= 15 is 0 Å². The van der Waals surface area contributed by atoms with Gasteiger partial charge in [0.15, 0.2) is 0 Å². The molecule has 0 aromatic rings. The van der Waals surface area contributed by atoms with E-state index < -0.39 is 5.67 Å². The second-order valence-electron chi connectivity index (χ2n) is 4.17. The fourth-order valence-corrected chi connectivity index (χ4v) is 1.63. The van der Waals surface area contributed by atoms with Gasteiger partial charge in [-0.3, -0.25) is 0 Å². The number of halogens is 1. The number of alkyl halides is 1. The van der Waals surface area contributed by atoms with E-state index in [9.17, 15) is 4.39 Å². The normalized spacial score (nSPS) is 24.8. The summed E-state index contributed by atoms with van der Waals surface area (Å²) in [5, 5.41) is 2.98. The predicted molar refractivity (Wildman–Crippen MR) is 45.3 cm³/mol. The molecule has 2 heteroatoms. The van der Waals surface area contributed by atoms with Gasteiger partial charge in [-0.15, -0.1) is 0 Å². The maximum atomic E-state index is 13.6. The van der Waals surface area contributed by atoms with E-state index in [-0.39, 0.29) is 5.92 Å². The van der Waals surface area contributed by atoms with Crippen molar-refractivity contribution < 1.29 is 4.39 Å². The monoisotopic (exact) mass is 159 g/mol. The molecule has 11 heavy (non-hydrogen) atoms. The van der Waals surface area contributed by atoms with Crippen molar-refractivity contribution in [3.8, 4) is 0 Å². The van der Waals surface area contributed by atoms with Crippen LogP contribution in [0.1, 0.15) is 27.2 Å². The van der Waals surface area contributed by atoms with Gasteiger partial charge in [-0.25, -0.2) is 4.39 Å². The van der Waals surface area contributed by atoms with Gasteiger partial charge in [0.1, 0.15) is 5.67 Å². The molecule has 1 heterocycles. The van der Waals surface area contributed by atoms with Crippen LogP contribution in [0, 0.1) is 11.8 Å². The molecule has 0 bridgehead atoms. The summed E-state index contributed by atoms with van der Waals surface area (Å²) in [7, 11) is 0.